The molecule has 1 aliphatic rings. The minimum atomic E-state index is -4.85. The molecular weight excluding hydrogens is 497 g/mol. The standard InChI is InChI=1S/C20H18BrF3N4O2S/c21-16-4-2-1-3-15(16)17(29)26-19(31)25-13-5-7-14(8-6-13)27-9-11-28(12-10-27)18(30)20(22,23)24/h1-8H,9-12H2,(H2,25,26,29,31). The topological polar surface area (TPSA) is 64.7 Å². The Hall–Kier alpha value is -2.66. The Morgan fingerprint density at radius 1 is 0.968 bits per heavy atom. The van der Waals surface area contributed by atoms with E-state index in [2.05, 4.69) is 26.6 Å². The fraction of sp³-hybridized carbons (Fsp3) is 0.250. The summed E-state index contributed by atoms with van der Waals surface area (Å²) in [6.45, 7) is 0.608. The van der Waals surface area contributed by atoms with Crippen molar-refractivity contribution < 1.29 is 22.8 Å². The van der Waals surface area contributed by atoms with E-state index in [0.717, 1.165) is 10.6 Å². The first kappa shape index (κ1) is 23.0. The number of halogens is 4. The molecule has 0 aromatic heterocycles. The summed E-state index contributed by atoms with van der Waals surface area (Å²) in [5, 5.41) is 5.65. The van der Waals surface area contributed by atoms with E-state index in [9.17, 15) is 22.8 Å². The Morgan fingerprint density at radius 3 is 2.16 bits per heavy atom. The summed E-state index contributed by atoms with van der Waals surface area (Å²) in [6, 6.07) is 14.0. The minimum absolute atomic E-state index is 0.00348. The Balaban J connectivity index is 1.53. The lowest BCUT2D eigenvalue weighted by molar-refractivity contribution is -0.185. The SMILES string of the molecule is O=C(NC(=S)Nc1ccc(N2CCN(C(=O)C(F)(F)F)CC2)cc1)c1ccccc1Br. The van der Waals surface area contributed by atoms with Gasteiger partial charge in [-0.15, -0.1) is 0 Å². The maximum atomic E-state index is 12.5. The number of hydrogen-bond acceptors (Lipinski definition) is 4. The Labute approximate surface area is 190 Å². The van der Waals surface area contributed by atoms with Crippen molar-refractivity contribution in [2.75, 3.05) is 36.4 Å². The van der Waals surface area contributed by atoms with Gasteiger partial charge in [-0.1, -0.05) is 12.1 Å². The molecule has 1 saturated heterocycles. The predicted octanol–water partition coefficient (Wildman–Crippen LogP) is 3.79. The van der Waals surface area contributed by atoms with Crippen LogP contribution in [0, 0.1) is 0 Å². The number of thiocarbonyl (C=S) groups is 1. The maximum Gasteiger partial charge on any atom is 0.471 e. The first-order chi connectivity index (χ1) is 14.6. The Morgan fingerprint density at radius 2 is 1.58 bits per heavy atom. The zero-order valence-electron chi connectivity index (χ0n) is 16.1. The molecule has 0 atom stereocenters. The number of piperazine rings is 1. The van der Waals surface area contributed by atoms with Gasteiger partial charge in [0.1, 0.15) is 0 Å². The van der Waals surface area contributed by atoms with E-state index in [-0.39, 0.29) is 24.1 Å². The number of anilines is 2. The molecule has 0 aliphatic carbocycles. The van der Waals surface area contributed by atoms with Crippen LogP contribution in [0.15, 0.2) is 53.0 Å². The molecule has 0 unspecified atom stereocenters. The minimum Gasteiger partial charge on any atom is -0.368 e. The first-order valence-corrected chi connectivity index (χ1v) is 10.4. The molecule has 1 fully saturated rings. The molecule has 2 N–H and O–H groups in total. The second-order valence-corrected chi connectivity index (χ2v) is 7.97. The maximum absolute atomic E-state index is 12.5. The lowest BCUT2D eigenvalue weighted by Crippen LogP contribution is -2.52. The zero-order valence-corrected chi connectivity index (χ0v) is 18.5. The number of hydrogen-bond donors (Lipinski definition) is 2. The summed E-state index contributed by atoms with van der Waals surface area (Å²) >= 11 is 8.50. The largest absolute Gasteiger partial charge is 0.471 e. The number of amides is 2. The van der Waals surface area contributed by atoms with Crippen molar-refractivity contribution in [3.8, 4) is 0 Å². The molecule has 31 heavy (non-hydrogen) atoms. The molecule has 0 spiro atoms. The number of carbonyl (C=O) groups is 2. The van der Waals surface area contributed by atoms with Crippen LogP contribution in [0.2, 0.25) is 0 Å². The highest BCUT2D eigenvalue weighted by atomic mass is 79.9. The monoisotopic (exact) mass is 514 g/mol. The lowest BCUT2D eigenvalue weighted by Gasteiger charge is -2.36. The first-order valence-electron chi connectivity index (χ1n) is 9.23. The molecule has 6 nitrogen and oxygen atoms in total. The predicted molar refractivity (Wildman–Crippen MR) is 119 cm³/mol. The van der Waals surface area contributed by atoms with Crippen LogP contribution >= 0.6 is 28.1 Å². The summed E-state index contributed by atoms with van der Waals surface area (Å²) in [4.78, 5) is 26.3. The molecule has 1 aliphatic heterocycles. The summed E-state index contributed by atoms with van der Waals surface area (Å²) < 4.78 is 38.3. The van der Waals surface area contributed by atoms with E-state index in [1.54, 1.807) is 48.5 Å². The van der Waals surface area contributed by atoms with Gasteiger partial charge in [0.15, 0.2) is 5.11 Å². The number of nitrogens with one attached hydrogen (secondary N) is 2. The van der Waals surface area contributed by atoms with Crippen LogP contribution in [0.1, 0.15) is 10.4 Å². The van der Waals surface area contributed by atoms with Crippen molar-refractivity contribution in [3.63, 3.8) is 0 Å². The van der Waals surface area contributed by atoms with E-state index in [1.807, 2.05) is 4.90 Å². The summed E-state index contributed by atoms with van der Waals surface area (Å²) in [6.07, 6.45) is -4.85. The number of nitrogens with zero attached hydrogens (tertiary/aromatic N) is 2. The smallest absolute Gasteiger partial charge is 0.368 e. The third-order valence-corrected chi connectivity index (χ3v) is 5.54. The molecule has 0 saturated carbocycles. The number of rotatable bonds is 3. The Kier molecular flexibility index (Phi) is 7.16. The van der Waals surface area contributed by atoms with Gasteiger partial charge >= 0.3 is 12.1 Å². The molecule has 0 bridgehead atoms. The van der Waals surface area contributed by atoms with Crippen molar-refractivity contribution in [1.29, 1.82) is 0 Å². The van der Waals surface area contributed by atoms with Crippen LogP contribution in [0.3, 0.4) is 0 Å². The van der Waals surface area contributed by atoms with Crippen LogP contribution < -0.4 is 15.5 Å². The molecular formula is C20H18BrF3N4O2S. The summed E-state index contributed by atoms with van der Waals surface area (Å²) in [7, 11) is 0. The molecule has 11 heteroatoms. The van der Waals surface area contributed by atoms with E-state index >= 15 is 0 Å². The van der Waals surface area contributed by atoms with Gasteiger partial charge in [-0.25, -0.2) is 0 Å². The van der Waals surface area contributed by atoms with Crippen molar-refractivity contribution in [2.45, 2.75) is 6.18 Å². The van der Waals surface area contributed by atoms with Crippen LogP contribution in [0.25, 0.3) is 0 Å². The average Bonchev–Trinajstić information content (AvgIpc) is 2.73. The average molecular weight is 515 g/mol. The molecule has 2 amide bonds. The van der Waals surface area contributed by atoms with Crippen LogP contribution in [-0.4, -0.2) is 54.2 Å². The molecule has 2 aromatic carbocycles. The van der Waals surface area contributed by atoms with Crippen molar-refractivity contribution in [3.05, 3.63) is 58.6 Å². The fourth-order valence-corrected chi connectivity index (χ4v) is 3.76. The van der Waals surface area contributed by atoms with E-state index < -0.39 is 12.1 Å². The fourth-order valence-electron chi connectivity index (χ4n) is 3.08. The van der Waals surface area contributed by atoms with E-state index in [0.29, 0.717) is 28.8 Å². The lowest BCUT2D eigenvalue weighted by atomic mass is 10.2. The van der Waals surface area contributed by atoms with Gasteiger partial charge in [-0.3, -0.25) is 14.9 Å². The van der Waals surface area contributed by atoms with Crippen molar-refractivity contribution >= 4 is 56.4 Å². The van der Waals surface area contributed by atoms with Gasteiger partial charge in [0.2, 0.25) is 0 Å². The van der Waals surface area contributed by atoms with Gasteiger partial charge in [-0.2, -0.15) is 13.2 Å². The summed E-state index contributed by atoms with van der Waals surface area (Å²) in [5.41, 5.74) is 1.91. The van der Waals surface area contributed by atoms with E-state index in [4.69, 9.17) is 12.2 Å². The van der Waals surface area contributed by atoms with Crippen LogP contribution in [0.5, 0.6) is 0 Å². The third-order valence-electron chi connectivity index (χ3n) is 4.65. The molecule has 3 rings (SSSR count). The molecule has 164 valence electrons. The van der Waals surface area contributed by atoms with E-state index in [1.165, 1.54) is 0 Å². The number of carbonyl (C=O) groups excluding carboxylic acids is 2. The second kappa shape index (κ2) is 9.65. The Bertz CT molecular complexity index is 977. The van der Waals surface area contributed by atoms with Gasteiger partial charge < -0.3 is 15.1 Å². The van der Waals surface area contributed by atoms with Gasteiger partial charge in [0, 0.05) is 42.0 Å². The summed E-state index contributed by atoms with van der Waals surface area (Å²) in [5.74, 6) is -2.15. The highest BCUT2D eigenvalue weighted by Crippen LogP contribution is 2.23. The molecule has 0 radical (unpaired) electrons. The van der Waals surface area contributed by atoms with Gasteiger partial charge in [0.25, 0.3) is 5.91 Å². The van der Waals surface area contributed by atoms with Crippen LogP contribution in [0.4, 0.5) is 24.5 Å². The second-order valence-electron chi connectivity index (χ2n) is 6.71. The molecule has 1 heterocycles. The number of benzene rings is 2. The third kappa shape index (κ3) is 5.95. The highest BCUT2D eigenvalue weighted by Gasteiger charge is 2.43. The van der Waals surface area contributed by atoms with Gasteiger partial charge in [-0.05, 0) is 64.5 Å². The highest BCUT2D eigenvalue weighted by molar-refractivity contribution is 9.10. The van der Waals surface area contributed by atoms with Crippen LogP contribution in [-0.2, 0) is 4.79 Å². The molecule has 2 aromatic rings. The normalized spacial score (nSPS) is 14.2. The number of alkyl halides is 3. The quantitative estimate of drug-likeness (QED) is 0.610. The zero-order chi connectivity index (χ0) is 22.6. The van der Waals surface area contributed by atoms with Crippen molar-refractivity contribution in [1.82, 2.24) is 10.2 Å². The van der Waals surface area contributed by atoms with Gasteiger partial charge in [0.05, 0.1) is 5.56 Å². The van der Waals surface area contributed by atoms with Crippen molar-refractivity contribution in [2.24, 2.45) is 0 Å².